The third-order valence-corrected chi connectivity index (χ3v) is 3.02. The van der Waals surface area contributed by atoms with Crippen molar-refractivity contribution >= 4 is 27.5 Å². The molecule has 0 bridgehead atoms. The van der Waals surface area contributed by atoms with Crippen molar-refractivity contribution in [1.82, 2.24) is 0 Å². The molecule has 0 amide bonds. The van der Waals surface area contributed by atoms with Crippen LogP contribution in [-0.2, 0) is 0 Å². The molecule has 0 aliphatic heterocycles. The van der Waals surface area contributed by atoms with Gasteiger partial charge in [-0.15, -0.1) is 6.58 Å². The highest BCUT2D eigenvalue weighted by atomic mass is 79.9. The van der Waals surface area contributed by atoms with Crippen LogP contribution >= 0.6 is 27.5 Å². The van der Waals surface area contributed by atoms with Crippen LogP contribution in [0.2, 0.25) is 5.02 Å². The Morgan fingerprint density at radius 2 is 2.31 bits per heavy atom. The second kappa shape index (κ2) is 4.80. The van der Waals surface area contributed by atoms with Gasteiger partial charge in [-0.1, -0.05) is 23.7 Å². The van der Waals surface area contributed by atoms with Crippen molar-refractivity contribution in [2.45, 2.75) is 12.5 Å². The van der Waals surface area contributed by atoms with Gasteiger partial charge in [-0.05, 0) is 40.0 Å². The van der Waals surface area contributed by atoms with Gasteiger partial charge in [0.1, 0.15) is 0 Å². The summed E-state index contributed by atoms with van der Waals surface area (Å²) in [6, 6.07) is 5.73. The van der Waals surface area contributed by atoms with Crippen LogP contribution in [0.15, 0.2) is 35.3 Å². The highest BCUT2D eigenvalue weighted by Gasteiger charge is 2.05. The van der Waals surface area contributed by atoms with Crippen LogP contribution in [-0.4, -0.2) is 0 Å². The van der Waals surface area contributed by atoms with Gasteiger partial charge in [-0.2, -0.15) is 0 Å². The van der Waals surface area contributed by atoms with Gasteiger partial charge >= 0.3 is 0 Å². The van der Waals surface area contributed by atoms with E-state index in [1.54, 1.807) is 6.08 Å². The predicted octanol–water partition coefficient (Wildman–Crippen LogP) is 3.68. The summed E-state index contributed by atoms with van der Waals surface area (Å²) in [5.74, 6) is 0. The zero-order valence-corrected chi connectivity index (χ0v) is 9.48. The first kappa shape index (κ1) is 10.8. The highest BCUT2D eigenvalue weighted by Crippen LogP contribution is 2.26. The Hall–Kier alpha value is -0.310. The molecule has 0 radical (unpaired) electrons. The number of halogens is 2. The van der Waals surface area contributed by atoms with Crippen molar-refractivity contribution in [1.29, 1.82) is 0 Å². The van der Waals surface area contributed by atoms with Crippen molar-refractivity contribution in [3.63, 3.8) is 0 Å². The molecule has 3 heteroatoms. The van der Waals surface area contributed by atoms with E-state index in [1.807, 2.05) is 18.2 Å². The average molecular weight is 261 g/mol. The van der Waals surface area contributed by atoms with Gasteiger partial charge in [0, 0.05) is 10.5 Å². The third-order valence-electron chi connectivity index (χ3n) is 1.79. The molecule has 70 valence electrons. The van der Waals surface area contributed by atoms with Crippen LogP contribution in [0, 0.1) is 0 Å². The smallest absolute Gasteiger partial charge is 0.0551 e. The summed E-state index contributed by atoms with van der Waals surface area (Å²) in [4.78, 5) is 0. The summed E-state index contributed by atoms with van der Waals surface area (Å²) in [7, 11) is 0. The van der Waals surface area contributed by atoms with E-state index in [0.717, 1.165) is 16.5 Å². The standard InChI is InChI=1S/C10H11BrClN/c1-2-3-10(13)7-4-5-8(11)9(12)6-7/h2,4-6,10H,1,3,13H2. The van der Waals surface area contributed by atoms with Crippen molar-refractivity contribution in [2.24, 2.45) is 5.73 Å². The Morgan fingerprint density at radius 3 is 2.85 bits per heavy atom. The van der Waals surface area contributed by atoms with E-state index in [9.17, 15) is 0 Å². The zero-order valence-electron chi connectivity index (χ0n) is 7.13. The molecule has 1 atom stereocenters. The van der Waals surface area contributed by atoms with Gasteiger partial charge in [-0.3, -0.25) is 0 Å². The van der Waals surface area contributed by atoms with E-state index < -0.39 is 0 Å². The topological polar surface area (TPSA) is 26.0 Å². The fourth-order valence-electron chi connectivity index (χ4n) is 1.06. The SMILES string of the molecule is C=CCC(N)c1ccc(Br)c(Cl)c1. The van der Waals surface area contributed by atoms with Gasteiger partial charge in [-0.25, -0.2) is 0 Å². The van der Waals surface area contributed by atoms with Crippen LogP contribution in [0.4, 0.5) is 0 Å². The molecule has 0 aliphatic rings. The van der Waals surface area contributed by atoms with Crippen LogP contribution in [0.3, 0.4) is 0 Å². The largest absolute Gasteiger partial charge is 0.324 e. The molecular weight excluding hydrogens is 249 g/mol. The number of hydrogen-bond donors (Lipinski definition) is 1. The molecule has 0 aliphatic carbocycles. The molecule has 0 saturated carbocycles. The van der Waals surface area contributed by atoms with E-state index >= 15 is 0 Å². The number of hydrogen-bond acceptors (Lipinski definition) is 1. The molecule has 0 spiro atoms. The Bertz CT molecular complexity index is 312. The summed E-state index contributed by atoms with van der Waals surface area (Å²) in [6.07, 6.45) is 2.57. The normalized spacial score (nSPS) is 12.5. The minimum absolute atomic E-state index is 0.0110. The van der Waals surface area contributed by atoms with Crippen LogP contribution in [0.1, 0.15) is 18.0 Å². The molecule has 0 heterocycles. The Morgan fingerprint density at radius 1 is 1.62 bits per heavy atom. The maximum absolute atomic E-state index is 5.93. The van der Waals surface area contributed by atoms with Crippen LogP contribution < -0.4 is 5.73 Å². The lowest BCUT2D eigenvalue weighted by molar-refractivity contribution is 0.742. The zero-order chi connectivity index (χ0) is 9.84. The number of nitrogens with two attached hydrogens (primary N) is 1. The Balaban J connectivity index is 2.89. The molecule has 0 aromatic heterocycles. The first-order valence-electron chi connectivity index (χ1n) is 3.96. The van der Waals surface area contributed by atoms with Gasteiger partial charge in [0.2, 0.25) is 0 Å². The van der Waals surface area contributed by atoms with Gasteiger partial charge in [0.25, 0.3) is 0 Å². The minimum Gasteiger partial charge on any atom is -0.324 e. The van der Waals surface area contributed by atoms with Gasteiger partial charge in [0.15, 0.2) is 0 Å². The molecular formula is C10H11BrClN. The van der Waals surface area contributed by atoms with Gasteiger partial charge in [0.05, 0.1) is 5.02 Å². The molecule has 0 fully saturated rings. The van der Waals surface area contributed by atoms with E-state index in [4.69, 9.17) is 17.3 Å². The monoisotopic (exact) mass is 259 g/mol. The summed E-state index contributed by atoms with van der Waals surface area (Å²) in [5, 5.41) is 0.692. The van der Waals surface area contributed by atoms with Crippen molar-refractivity contribution < 1.29 is 0 Å². The molecule has 13 heavy (non-hydrogen) atoms. The second-order valence-corrected chi connectivity index (χ2v) is 4.07. The second-order valence-electron chi connectivity index (χ2n) is 2.80. The van der Waals surface area contributed by atoms with E-state index in [2.05, 4.69) is 22.5 Å². The van der Waals surface area contributed by atoms with Crippen LogP contribution in [0.25, 0.3) is 0 Å². The maximum Gasteiger partial charge on any atom is 0.0551 e. The molecule has 1 aromatic carbocycles. The molecule has 2 N–H and O–H groups in total. The Kier molecular flexibility index (Phi) is 3.97. The Labute approximate surface area is 91.7 Å². The highest BCUT2D eigenvalue weighted by molar-refractivity contribution is 9.10. The van der Waals surface area contributed by atoms with E-state index in [0.29, 0.717) is 5.02 Å². The first-order valence-corrected chi connectivity index (χ1v) is 5.13. The molecule has 0 saturated heterocycles. The molecule has 1 rings (SSSR count). The summed E-state index contributed by atoms with van der Waals surface area (Å²) >= 11 is 9.25. The summed E-state index contributed by atoms with van der Waals surface area (Å²) in [5.41, 5.74) is 6.91. The van der Waals surface area contributed by atoms with Crippen molar-refractivity contribution in [3.05, 3.63) is 45.9 Å². The lowest BCUT2D eigenvalue weighted by Crippen LogP contribution is -2.08. The fourth-order valence-corrected chi connectivity index (χ4v) is 1.49. The lowest BCUT2D eigenvalue weighted by atomic mass is 10.1. The minimum atomic E-state index is -0.0110. The molecule has 1 nitrogen and oxygen atoms in total. The third kappa shape index (κ3) is 2.83. The van der Waals surface area contributed by atoms with Crippen molar-refractivity contribution in [3.8, 4) is 0 Å². The number of rotatable bonds is 3. The molecule has 1 aromatic rings. The fraction of sp³-hybridized carbons (Fsp3) is 0.200. The summed E-state index contributed by atoms with van der Waals surface area (Å²) < 4.78 is 0.892. The van der Waals surface area contributed by atoms with E-state index in [-0.39, 0.29) is 6.04 Å². The first-order chi connectivity index (χ1) is 6.15. The van der Waals surface area contributed by atoms with Gasteiger partial charge < -0.3 is 5.73 Å². The quantitative estimate of drug-likeness (QED) is 0.825. The predicted molar refractivity (Wildman–Crippen MR) is 60.9 cm³/mol. The van der Waals surface area contributed by atoms with Crippen LogP contribution in [0.5, 0.6) is 0 Å². The lowest BCUT2D eigenvalue weighted by Gasteiger charge is -2.09. The summed E-state index contributed by atoms with van der Waals surface area (Å²) in [6.45, 7) is 3.64. The number of benzene rings is 1. The maximum atomic E-state index is 5.93. The average Bonchev–Trinajstić information content (AvgIpc) is 2.10. The molecule has 1 unspecified atom stereocenters. The van der Waals surface area contributed by atoms with E-state index in [1.165, 1.54) is 0 Å². The van der Waals surface area contributed by atoms with Crippen molar-refractivity contribution in [2.75, 3.05) is 0 Å².